The average Bonchev–Trinajstić information content (AvgIpc) is 2.52. The largest absolute Gasteiger partial charge is 0.399 e. The molecule has 3 nitrogen and oxygen atoms in total. The van der Waals surface area contributed by atoms with Crippen molar-refractivity contribution in [2.75, 3.05) is 29.0 Å². The Bertz CT molecular complexity index is 604. The van der Waals surface area contributed by atoms with Gasteiger partial charge in [0.15, 0.2) is 0 Å². The Morgan fingerprint density at radius 3 is 2.33 bits per heavy atom. The molecule has 0 unspecified atom stereocenters. The molecule has 1 saturated heterocycles. The van der Waals surface area contributed by atoms with Crippen LogP contribution in [0.3, 0.4) is 0 Å². The number of nitrogens with two attached hydrogens (primary N) is 1. The van der Waals surface area contributed by atoms with Gasteiger partial charge in [0.05, 0.1) is 5.69 Å². The van der Waals surface area contributed by atoms with Gasteiger partial charge >= 0.3 is 0 Å². The molecular weight excluding hydrogens is 326 g/mol. The second kappa shape index (κ2) is 6.39. The van der Waals surface area contributed by atoms with Gasteiger partial charge in [-0.2, -0.15) is 0 Å². The first-order valence-electron chi connectivity index (χ1n) is 7.39. The average molecular weight is 346 g/mol. The van der Waals surface area contributed by atoms with Crippen LogP contribution in [0.1, 0.15) is 19.3 Å². The Labute approximate surface area is 134 Å². The maximum atomic E-state index is 5.76. The molecule has 1 aliphatic rings. The first kappa shape index (κ1) is 14.3. The Balaban J connectivity index is 1.71. The summed E-state index contributed by atoms with van der Waals surface area (Å²) >= 11 is 3.53. The van der Waals surface area contributed by atoms with E-state index in [0.29, 0.717) is 0 Å². The number of hydrogen-bond acceptors (Lipinski definition) is 3. The van der Waals surface area contributed by atoms with Crippen LogP contribution in [-0.2, 0) is 0 Å². The molecule has 0 bridgehead atoms. The molecule has 0 aliphatic carbocycles. The number of nitrogens with zero attached hydrogens (tertiary/aromatic N) is 1. The third kappa shape index (κ3) is 3.50. The fourth-order valence-corrected chi connectivity index (χ4v) is 3.19. The number of benzene rings is 2. The van der Waals surface area contributed by atoms with Gasteiger partial charge < -0.3 is 16.0 Å². The summed E-state index contributed by atoms with van der Waals surface area (Å²) in [6.45, 7) is 2.35. The summed E-state index contributed by atoms with van der Waals surface area (Å²) in [4.78, 5) is 2.46. The van der Waals surface area contributed by atoms with Crippen molar-refractivity contribution < 1.29 is 0 Å². The molecule has 3 N–H and O–H groups in total. The lowest BCUT2D eigenvalue weighted by molar-refractivity contribution is 0.578. The normalized spacial score (nSPS) is 15.0. The lowest BCUT2D eigenvalue weighted by atomic mass is 10.1. The monoisotopic (exact) mass is 345 g/mol. The van der Waals surface area contributed by atoms with Crippen molar-refractivity contribution in [3.05, 3.63) is 46.9 Å². The van der Waals surface area contributed by atoms with Gasteiger partial charge in [-0.3, -0.25) is 0 Å². The standard InChI is InChI=1S/C17H20BrN3/c18-16-12-13(19)4-9-17(16)20-14-5-7-15(8-6-14)21-10-2-1-3-11-21/h4-9,12,20H,1-3,10-11,19H2. The van der Waals surface area contributed by atoms with E-state index < -0.39 is 0 Å². The van der Waals surface area contributed by atoms with Gasteiger partial charge in [0.1, 0.15) is 0 Å². The Kier molecular flexibility index (Phi) is 4.34. The van der Waals surface area contributed by atoms with Crippen molar-refractivity contribution in [1.29, 1.82) is 0 Å². The molecule has 2 aromatic carbocycles. The molecule has 1 heterocycles. The first-order chi connectivity index (χ1) is 10.2. The minimum absolute atomic E-state index is 0.757. The fraction of sp³-hybridized carbons (Fsp3) is 0.294. The summed E-state index contributed by atoms with van der Waals surface area (Å²) < 4.78 is 0.975. The van der Waals surface area contributed by atoms with Gasteiger partial charge in [-0.15, -0.1) is 0 Å². The van der Waals surface area contributed by atoms with Crippen molar-refractivity contribution in [3.63, 3.8) is 0 Å². The van der Waals surface area contributed by atoms with E-state index in [0.717, 1.165) is 21.5 Å². The van der Waals surface area contributed by atoms with Gasteiger partial charge in [-0.05, 0) is 77.7 Å². The highest BCUT2D eigenvalue weighted by Crippen LogP contribution is 2.29. The lowest BCUT2D eigenvalue weighted by Gasteiger charge is -2.28. The molecule has 0 saturated carbocycles. The van der Waals surface area contributed by atoms with Crippen LogP contribution in [0.5, 0.6) is 0 Å². The van der Waals surface area contributed by atoms with Crippen LogP contribution in [0.4, 0.5) is 22.7 Å². The van der Waals surface area contributed by atoms with Crippen molar-refractivity contribution >= 4 is 38.7 Å². The van der Waals surface area contributed by atoms with Crippen LogP contribution in [-0.4, -0.2) is 13.1 Å². The summed E-state index contributed by atoms with van der Waals surface area (Å²) in [5.74, 6) is 0. The molecule has 1 fully saturated rings. The van der Waals surface area contributed by atoms with Crippen molar-refractivity contribution in [2.45, 2.75) is 19.3 Å². The van der Waals surface area contributed by atoms with Crippen molar-refractivity contribution in [2.24, 2.45) is 0 Å². The summed E-state index contributed by atoms with van der Waals surface area (Å²) in [6, 6.07) is 14.4. The molecule has 0 amide bonds. The van der Waals surface area contributed by atoms with E-state index in [1.807, 2.05) is 18.2 Å². The first-order valence-corrected chi connectivity index (χ1v) is 8.19. The molecule has 3 rings (SSSR count). The molecule has 110 valence electrons. The topological polar surface area (TPSA) is 41.3 Å². The Morgan fingerprint density at radius 1 is 0.952 bits per heavy atom. The Morgan fingerprint density at radius 2 is 1.67 bits per heavy atom. The maximum Gasteiger partial charge on any atom is 0.0530 e. The fourth-order valence-electron chi connectivity index (χ4n) is 2.70. The molecule has 2 aromatic rings. The highest BCUT2D eigenvalue weighted by Gasteiger charge is 2.10. The molecule has 21 heavy (non-hydrogen) atoms. The van der Waals surface area contributed by atoms with E-state index >= 15 is 0 Å². The summed E-state index contributed by atoms with van der Waals surface area (Å²) in [7, 11) is 0. The lowest BCUT2D eigenvalue weighted by Crippen LogP contribution is -2.29. The minimum atomic E-state index is 0.757. The van der Waals surface area contributed by atoms with Crippen LogP contribution in [0.25, 0.3) is 0 Å². The molecule has 0 aromatic heterocycles. The van der Waals surface area contributed by atoms with Crippen LogP contribution < -0.4 is 16.0 Å². The van der Waals surface area contributed by atoms with Crippen molar-refractivity contribution in [1.82, 2.24) is 0 Å². The van der Waals surface area contributed by atoms with E-state index in [1.165, 1.54) is 38.0 Å². The number of rotatable bonds is 3. The molecule has 0 spiro atoms. The second-order valence-electron chi connectivity index (χ2n) is 5.46. The quantitative estimate of drug-likeness (QED) is 0.787. The molecule has 4 heteroatoms. The van der Waals surface area contributed by atoms with E-state index in [4.69, 9.17) is 5.73 Å². The van der Waals surface area contributed by atoms with Gasteiger partial charge in [0, 0.05) is 34.6 Å². The summed E-state index contributed by atoms with van der Waals surface area (Å²) in [6.07, 6.45) is 3.97. The highest BCUT2D eigenvalue weighted by atomic mass is 79.9. The number of anilines is 4. The SMILES string of the molecule is Nc1ccc(Nc2ccc(N3CCCCC3)cc2)c(Br)c1. The van der Waals surface area contributed by atoms with Crippen LogP contribution in [0, 0.1) is 0 Å². The highest BCUT2D eigenvalue weighted by molar-refractivity contribution is 9.10. The van der Waals surface area contributed by atoms with E-state index in [-0.39, 0.29) is 0 Å². The van der Waals surface area contributed by atoms with Gasteiger partial charge in [0.25, 0.3) is 0 Å². The van der Waals surface area contributed by atoms with Crippen LogP contribution in [0.2, 0.25) is 0 Å². The van der Waals surface area contributed by atoms with Crippen LogP contribution >= 0.6 is 15.9 Å². The predicted molar refractivity (Wildman–Crippen MR) is 94.3 cm³/mol. The van der Waals surface area contributed by atoms with Crippen molar-refractivity contribution in [3.8, 4) is 0 Å². The molecular formula is C17H20BrN3. The number of nitrogen functional groups attached to an aromatic ring is 1. The predicted octanol–water partition coefficient (Wildman–Crippen LogP) is 4.77. The number of piperidine rings is 1. The minimum Gasteiger partial charge on any atom is -0.399 e. The number of nitrogens with one attached hydrogen (secondary N) is 1. The van der Waals surface area contributed by atoms with E-state index in [9.17, 15) is 0 Å². The molecule has 1 aliphatic heterocycles. The zero-order chi connectivity index (χ0) is 14.7. The van der Waals surface area contributed by atoms with E-state index in [2.05, 4.69) is 50.4 Å². The van der Waals surface area contributed by atoms with Gasteiger partial charge in [-0.25, -0.2) is 0 Å². The van der Waals surface area contributed by atoms with Gasteiger partial charge in [0.2, 0.25) is 0 Å². The number of halogens is 1. The second-order valence-corrected chi connectivity index (χ2v) is 6.31. The number of hydrogen-bond donors (Lipinski definition) is 2. The van der Waals surface area contributed by atoms with Gasteiger partial charge in [-0.1, -0.05) is 0 Å². The molecule has 0 atom stereocenters. The maximum absolute atomic E-state index is 5.76. The Hall–Kier alpha value is -1.68. The zero-order valence-corrected chi connectivity index (χ0v) is 13.6. The zero-order valence-electron chi connectivity index (χ0n) is 12.0. The smallest absolute Gasteiger partial charge is 0.0530 e. The van der Waals surface area contributed by atoms with Crippen LogP contribution in [0.15, 0.2) is 46.9 Å². The summed E-state index contributed by atoms with van der Waals surface area (Å²) in [5.41, 5.74) is 9.94. The van der Waals surface area contributed by atoms with E-state index in [1.54, 1.807) is 0 Å². The molecule has 0 radical (unpaired) electrons. The summed E-state index contributed by atoms with van der Waals surface area (Å²) in [5, 5.41) is 3.41. The third-order valence-electron chi connectivity index (χ3n) is 3.86. The third-order valence-corrected chi connectivity index (χ3v) is 4.52.